The molecule has 38 heavy (non-hydrogen) atoms. The van der Waals surface area contributed by atoms with Crippen molar-refractivity contribution in [3.05, 3.63) is 71.3 Å². The van der Waals surface area contributed by atoms with Gasteiger partial charge in [0.25, 0.3) is 0 Å². The Bertz CT molecular complexity index is 1220. The van der Waals surface area contributed by atoms with Crippen molar-refractivity contribution >= 4 is 11.8 Å². The minimum Gasteiger partial charge on any atom is -0.479 e. The number of hydrogen-bond acceptors (Lipinski definition) is 5. The Morgan fingerprint density at radius 3 is 2.42 bits per heavy atom. The third-order valence-electron chi connectivity index (χ3n) is 5.87. The van der Waals surface area contributed by atoms with Crippen molar-refractivity contribution in [1.29, 1.82) is 0 Å². The van der Waals surface area contributed by atoms with E-state index in [1.165, 1.54) is 24.3 Å². The molecule has 3 aromatic rings. The van der Waals surface area contributed by atoms with Crippen LogP contribution in [0, 0.1) is 11.6 Å². The number of nitrogens with one attached hydrogen (secondary N) is 1. The molecule has 2 heterocycles. The minimum atomic E-state index is -4.77. The molecule has 0 spiro atoms. The number of rotatable bonds is 7. The molecule has 1 fully saturated rings. The lowest BCUT2D eigenvalue weighted by molar-refractivity contribution is -0.138. The molecule has 0 aliphatic carbocycles. The number of ether oxygens (including phenoxy) is 2. The summed E-state index contributed by atoms with van der Waals surface area (Å²) in [6.45, 7) is 3.50. The maximum Gasteiger partial charge on any atom is 0.425 e. The van der Waals surface area contributed by atoms with Crippen LogP contribution in [0.4, 0.5) is 32.6 Å². The van der Waals surface area contributed by atoms with Crippen molar-refractivity contribution in [2.75, 3.05) is 45.8 Å². The van der Waals surface area contributed by atoms with E-state index in [9.17, 15) is 26.7 Å². The smallest absolute Gasteiger partial charge is 0.425 e. The van der Waals surface area contributed by atoms with Gasteiger partial charge in [0.15, 0.2) is 23.0 Å². The maximum absolute atomic E-state index is 13.1. The number of para-hydroxylation sites is 1. The van der Waals surface area contributed by atoms with Crippen LogP contribution in [-0.4, -0.2) is 61.2 Å². The van der Waals surface area contributed by atoms with E-state index in [0.717, 1.165) is 43.4 Å². The summed E-state index contributed by atoms with van der Waals surface area (Å²) in [6, 6.07) is 11.1. The summed E-state index contributed by atoms with van der Waals surface area (Å²) in [7, 11) is 2.74. The maximum atomic E-state index is 13.1. The predicted molar refractivity (Wildman–Crippen MR) is 130 cm³/mol. The van der Waals surface area contributed by atoms with Crippen LogP contribution in [0.25, 0.3) is 5.69 Å². The van der Waals surface area contributed by atoms with E-state index in [4.69, 9.17) is 10.5 Å². The zero-order valence-corrected chi connectivity index (χ0v) is 20.8. The first kappa shape index (κ1) is 28.9. The van der Waals surface area contributed by atoms with Crippen LogP contribution in [0.5, 0.6) is 5.88 Å². The van der Waals surface area contributed by atoms with Gasteiger partial charge in [0.05, 0.1) is 19.4 Å². The summed E-state index contributed by atoms with van der Waals surface area (Å²) in [4.78, 5) is 13.3. The summed E-state index contributed by atoms with van der Waals surface area (Å²) < 4.78 is 76.0. The number of halogens is 5. The summed E-state index contributed by atoms with van der Waals surface area (Å²) in [5.41, 5.74) is 4.94. The third kappa shape index (κ3) is 7.19. The molecule has 1 aliphatic rings. The molecule has 0 saturated carbocycles. The van der Waals surface area contributed by atoms with Gasteiger partial charge in [-0.1, -0.05) is 24.3 Å². The van der Waals surface area contributed by atoms with E-state index >= 15 is 0 Å². The number of primary amides is 1. The number of carbonyl (C=O) groups is 1. The first-order valence-electron chi connectivity index (χ1n) is 11.6. The van der Waals surface area contributed by atoms with Gasteiger partial charge in [-0.05, 0) is 48.7 Å². The van der Waals surface area contributed by atoms with E-state index in [1.54, 1.807) is 31.4 Å². The lowest BCUT2D eigenvalue weighted by Gasteiger charge is -2.15. The van der Waals surface area contributed by atoms with Crippen molar-refractivity contribution in [2.45, 2.75) is 18.5 Å². The molecule has 1 atom stereocenters. The molecule has 1 aromatic heterocycles. The highest BCUT2D eigenvalue weighted by Crippen LogP contribution is 2.42. The van der Waals surface area contributed by atoms with Gasteiger partial charge in [0.1, 0.15) is 0 Å². The zero-order chi connectivity index (χ0) is 27.9. The number of methoxy groups -OCH3 is 2. The van der Waals surface area contributed by atoms with Crippen LogP contribution in [-0.2, 0) is 10.9 Å². The highest BCUT2D eigenvalue weighted by Gasteiger charge is 2.42. The fourth-order valence-electron chi connectivity index (χ4n) is 4.08. The van der Waals surface area contributed by atoms with Gasteiger partial charge < -0.3 is 20.1 Å². The number of nitrogens with two attached hydrogens (primary N) is 1. The number of likely N-dealkylation sites (tertiary alicyclic amines) is 1. The molecule has 1 saturated heterocycles. The van der Waals surface area contributed by atoms with Crippen molar-refractivity contribution in [3.63, 3.8) is 0 Å². The van der Waals surface area contributed by atoms with Crippen molar-refractivity contribution in [1.82, 2.24) is 14.7 Å². The number of urea groups is 1. The average Bonchev–Trinajstić information content (AvgIpc) is 3.50. The number of amides is 2. The number of alkyl halides is 3. The first-order valence-corrected chi connectivity index (χ1v) is 11.6. The summed E-state index contributed by atoms with van der Waals surface area (Å²) in [5.74, 6) is -2.48. The number of anilines is 1. The Labute approximate surface area is 216 Å². The molecule has 2 aromatic carbocycles. The second-order valence-corrected chi connectivity index (χ2v) is 8.42. The van der Waals surface area contributed by atoms with Crippen molar-refractivity contribution < 1.29 is 36.2 Å². The number of benzene rings is 2. The largest absolute Gasteiger partial charge is 0.479 e. The van der Waals surface area contributed by atoms with E-state index in [0.29, 0.717) is 18.2 Å². The molecule has 206 valence electrons. The normalized spacial score (nSPS) is 15.6. The van der Waals surface area contributed by atoms with E-state index in [-0.39, 0.29) is 0 Å². The van der Waals surface area contributed by atoms with Crippen molar-refractivity contribution in [2.24, 2.45) is 5.73 Å². The lowest BCUT2D eigenvalue weighted by Crippen LogP contribution is -2.24. The Morgan fingerprint density at radius 1 is 1.13 bits per heavy atom. The standard InChI is InChI=1S/C13H17F2NO.C12H11F3N4O2/c1-17-7-6-16-5-4-11(9-16)10-2-3-12(14)13(15)8-10;1-21-10-8(12(13,14)15)9(17-11(16)20)19(18-10)7-5-3-2-4-6-7/h2-3,8,11H,4-7,9H2,1H3;2-6H,1H3,(H3,16,17,20). The Balaban J connectivity index is 0.000000215. The average molecular weight is 542 g/mol. The first-order chi connectivity index (χ1) is 18.0. The van der Waals surface area contributed by atoms with Gasteiger partial charge in [-0.25, -0.2) is 18.3 Å². The number of hydrogen-bond donors (Lipinski definition) is 2. The van der Waals surface area contributed by atoms with Gasteiger partial charge in [-0.3, -0.25) is 5.32 Å². The molecular formula is C25H28F5N5O3. The van der Waals surface area contributed by atoms with Gasteiger partial charge in [-0.15, -0.1) is 5.10 Å². The highest BCUT2D eigenvalue weighted by molar-refractivity contribution is 5.88. The molecule has 0 radical (unpaired) electrons. The van der Waals surface area contributed by atoms with Gasteiger partial charge in [0.2, 0.25) is 5.88 Å². The number of carbonyl (C=O) groups excluding carboxylic acids is 1. The lowest BCUT2D eigenvalue weighted by atomic mass is 9.98. The molecular weight excluding hydrogens is 513 g/mol. The van der Waals surface area contributed by atoms with Crippen LogP contribution in [0.15, 0.2) is 48.5 Å². The Morgan fingerprint density at radius 2 is 1.84 bits per heavy atom. The van der Waals surface area contributed by atoms with E-state index in [1.807, 2.05) is 5.32 Å². The second-order valence-electron chi connectivity index (χ2n) is 8.42. The quantitative estimate of drug-likeness (QED) is 0.420. The van der Waals surface area contributed by atoms with Crippen LogP contribution in [0.1, 0.15) is 23.5 Å². The summed E-state index contributed by atoms with van der Waals surface area (Å²) in [6.07, 6.45) is -3.77. The SMILES string of the molecule is COCCN1CCC(c2ccc(F)c(F)c2)C1.COc1nn(-c2ccccc2)c(NC(N)=O)c1C(F)(F)F. The van der Waals surface area contributed by atoms with Crippen LogP contribution >= 0.6 is 0 Å². The number of nitrogens with zero attached hydrogens (tertiary/aromatic N) is 3. The topological polar surface area (TPSA) is 94.6 Å². The fraction of sp³-hybridized carbons (Fsp3) is 0.360. The Hall–Kier alpha value is -3.71. The predicted octanol–water partition coefficient (Wildman–Crippen LogP) is 4.79. The zero-order valence-electron chi connectivity index (χ0n) is 20.8. The fourth-order valence-corrected chi connectivity index (χ4v) is 4.08. The second kappa shape index (κ2) is 12.7. The molecule has 3 N–H and O–H groups in total. The van der Waals surface area contributed by atoms with Gasteiger partial charge in [-0.2, -0.15) is 13.2 Å². The highest BCUT2D eigenvalue weighted by atomic mass is 19.4. The Kier molecular flexibility index (Phi) is 9.64. The molecule has 0 bridgehead atoms. The van der Waals surface area contributed by atoms with E-state index in [2.05, 4.69) is 14.7 Å². The molecule has 1 unspecified atom stereocenters. The summed E-state index contributed by atoms with van der Waals surface area (Å²) in [5, 5.41) is 5.66. The van der Waals surface area contributed by atoms with E-state index < -0.39 is 41.1 Å². The monoisotopic (exact) mass is 541 g/mol. The minimum absolute atomic E-state index is 0.307. The third-order valence-corrected chi connectivity index (χ3v) is 5.87. The van der Waals surface area contributed by atoms with Crippen LogP contribution in [0.2, 0.25) is 0 Å². The van der Waals surface area contributed by atoms with Gasteiger partial charge in [0, 0.05) is 20.2 Å². The molecule has 4 rings (SSSR count). The molecule has 2 amide bonds. The molecule has 1 aliphatic heterocycles. The van der Waals surface area contributed by atoms with Crippen LogP contribution in [0.3, 0.4) is 0 Å². The molecule has 8 nitrogen and oxygen atoms in total. The van der Waals surface area contributed by atoms with Gasteiger partial charge >= 0.3 is 12.2 Å². The van der Waals surface area contributed by atoms with Crippen molar-refractivity contribution in [3.8, 4) is 11.6 Å². The number of aromatic nitrogens is 2. The van der Waals surface area contributed by atoms with Crippen LogP contribution < -0.4 is 15.8 Å². The summed E-state index contributed by atoms with van der Waals surface area (Å²) >= 11 is 0. The molecule has 13 heteroatoms.